The van der Waals surface area contributed by atoms with Crippen LogP contribution in [0.5, 0.6) is 0 Å². The van der Waals surface area contributed by atoms with E-state index in [4.69, 9.17) is 9.47 Å². The van der Waals surface area contributed by atoms with Gasteiger partial charge >= 0.3 is 5.97 Å². The smallest absolute Gasteiger partial charge is 0.338 e. The highest BCUT2D eigenvalue weighted by atomic mass is 32.2. The largest absolute Gasteiger partial charge is 0.452 e. The van der Waals surface area contributed by atoms with Gasteiger partial charge in [0.05, 0.1) is 35.9 Å². The summed E-state index contributed by atoms with van der Waals surface area (Å²) in [7, 11) is -3.96. The Morgan fingerprint density at radius 3 is 2.48 bits per heavy atom. The zero-order valence-corrected chi connectivity index (χ0v) is 17.8. The molecule has 1 amide bonds. The van der Waals surface area contributed by atoms with Crippen LogP contribution in [0.1, 0.15) is 10.4 Å². The fraction of sp³-hybridized carbons (Fsp3) is 0.273. The van der Waals surface area contributed by atoms with Gasteiger partial charge in [0.1, 0.15) is 0 Å². The van der Waals surface area contributed by atoms with Gasteiger partial charge in [0, 0.05) is 13.1 Å². The Bertz CT molecular complexity index is 1030. The number of rotatable bonds is 8. The van der Waals surface area contributed by atoms with Crippen molar-refractivity contribution < 1.29 is 27.5 Å². The van der Waals surface area contributed by atoms with Gasteiger partial charge in [-0.2, -0.15) is 0 Å². The van der Waals surface area contributed by atoms with Gasteiger partial charge < -0.3 is 14.4 Å². The summed E-state index contributed by atoms with van der Waals surface area (Å²) in [5.41, 5.74) is 0.522. The predicted molar refractivity (Wildman–Crippen MR) is 115 cm³/mol. The first kappa shape index (κ1) is 22.5. The van der Waals surface area contributed by atoms with E-state index in [1.54, 1.807) is 35.2 Å². The molecule has 31 heavy (non-hydrogen) atoms. The lowest BCUT2D eigenvalue weighted by atomic mass is 10.2. The lowest BCUT2D eigenvalue weighted by molar-refractivity contribution is -0.138. The number of carbonyl (C=O) groups is 2. The molecular weight excluding hydrogens is 420 g/mol. The molecule has 0 radical (unpaired) electrons. The standard InChI is InChI=1S/C22H24N2O6S/c1-2-11-24(19-8-4-3-5-9-19)31(27,28)20-10-6-7-18(16-20)22(26)30-17-21(25)23-12-14-29-15-13-23/h2-10,16H,1,11-15,17H2. The van der Waals surface area contributed by atoms with Gasteiger partial charge in [0.15, 0.2) is 6.61 Å². The van der Waals surface area contributed by atoms with Crippen molar-refractivity contribution in [2.45, 2.75) is 4.90 Å². The van der Waals surface area contributed by atoms with Gasteiger partial charge in [-0.1, -0.05) is 30.3 Å². The van der Waals surface area contributed by atoms with Gasteiger partial charge in [-0.25, -0.2) is 13.2 Å². The van der Waals surface area contributed by atoms with Crippen LogP contribution < -0.4 is 4.31 Å². The average Bonchev–Trinajstić information content (AvgIpc) is 2.81. The van der Waals surface area contributed by atoms with Crippen LogP contribution in [0.25, 0.3) is 0 Å². The third kappa shape index (κ3) is 5.50. The minimum Gasteiger partial charge on any atom is -0.452 e. The number of ether oxygens (including phenoxy) is 2. The highest BCUT2D eigenvalue weighted by Gasteiger charge is 2.25. The van der Waals surface area contributed by atoms with Crippen LogP contribution in [-0.4, -0.2) is 64.6 Å². The van der Waals surface area contributed by atoms with Crippen molar-refractivity contribution in [1.82, 2.24) is 4.90 Å². The maximum absolute atomic E-state index is 13.2. The summed E-state index contributed by atoms with van der Waals surface area (Å²) < 4.78 is 37.9. The van der Waals surface area contributed by atoms with E-state index in [1.807, 2.05) is 0 Å². The van der Waals surface area contributed by atoms with Crippen molar-refractivity contribution in [3.05, 3.63) is 72.8 Å². The second-order valence-electron chi connectivity index (χ2n) is 6.76. The topological polar surface area (TPSA) is 93.2 Å². The number of benzene rings is 2. The van der Waals surface area contributed by atoms with Crippen molar-refractivity contribution in [2.24, 2.45) is 0 Å². The first-order valence-electron chi connectivity index (χ1n) is 9.75. The molecule has 1 aliphatic heterocycles. The van der Waals surface area contributed by atoms with Crippen molar-refractivity contribution in [2.75, 3.05) is 43.8 Å². The van der Waals surface area contributed by atoms with E-state index in [0.29, 0.717) is 32.0 Å². The van der Waals surface area contributed by atoms with Crippen molar-refractivity contribution in [3.8, 4) is 0 Å². The molecule has 0 spiro atoms. The van der Waals surface area contributed by atoms with E-state index in [9.17, 15) is 18.0 Å². The number of esters is 1. The van der Waals surface area contributed by atoms with Gasteiger partial charge in [0.2, 0.25) is 0 Å². The number of sulfonamides is 1. The molecule has 8 nitrogen and oxygen atoms in total. The van der Waals surface area contributed by atoms with E-state index in [-0.39, 0.29) is 22.9 Å². The molecule has 2 aromatic carbocycles. The van der Waals surface area contributed by atoms with Crippen molar-refractivity contribution in [3.63, 3.8) is 0 Å². The molecule has 3 rings (SSSR count). The van der Waals surface area contributed by atoms with Crippen LogP contribution in [0.4, 0.5) is 5.69 Å². The number of nitrogens with zero attached hydrogens (tertiary/aromatic N) is 2. The predicted octanol–water partition coefficient (Wildman–Crippen LogP) is 2.08. The second kappa shape index (κ2) is 10.2. The molecule has 0 aromatic heterocycles. The molecule has 0 N–H and O–H groups in total. The number of hydrogen-bond donors (Lipinski definition) is 0. The number of para-hydroxylation sites is 1. The minimum absolute atomic E-state index is 0.0440. The summed E-state index contributed by atoms with van der Waals surface area (Å²) in [5.74, 6) is -1.09. The summed E-state index contributed by atoms with van der Waals surface area (Å²) in [6.07, 6.45) is 1.49. The van der Waals surface area contributed by atoms with E-state index >= 15 is 0 Å². The van der Waals surface area contributed by atoms with Crippen LogP contribution in [0.2, 0.25) is 0 Å². The first-order chi connectivity index (χ1) is 14.9. The van der Waals surface area contributed by atoms with Crippen LogP contribution in [0.3, 0.4) is 0 Å². The maximum Gasteiger partial charge on any atom is 0.338 e. The number of hydrogen-bond acceptors (Lipinski definition) is 6. The van der Waals surface area contributed by atoms with E-state index < -0.39 is 22.6 Å². The van der Waals surface area contributed by atoms with Crippen LogP contribution in [0, 0.1) is 0 Å². The Morgan fingerprint density at radius 2 is 1.81 bits per heavy atom. The summed E-state index contributed by atoms with van der Waals surface area (Å²) in [4.78, 5) is 26.1. The molecule has 1 aliphatic rings. The SMILES string of the molecule is C=CCN(c1ccccc1)S(=O)(=O)c1cccc(C(=O)OCC(=O)N2CCOCC2)c1. The molecule has 0 bridgehead atoms. The number of morpholine rings is 1. The lowest BCUT2D eigenvalue weighted by Gasteiger charge is -2.26. The molecule has 1 heterocycles. The van der Waals surface area contributed by atoms with Gasteiger partial charge in [0.25, 0.3) is 15.9 Å². The fourth-order valence-corrected chi connectivity index (χ4v) is 4.56. The molecule has 0 atom stereocenters. The van der Waals surface area contributed by atoms with Crippen molar-refractivity contribution in [1.29, 1.82) is 0 Å². The molecule has 0 aliphatic carbocycles. The Balaban J connectivity index is 1.75. The molecule has 0 saturated carbocycles. The summed E-state index contributed by atoms with van der Waals surface area (Å²) in [5, 5.41) is 0. The zero-order chi connectivity index (χ0) is 22.3. The highest BCUT2D eigenvalue weighted by Crippen LogP contribution is 2.24. The first-order valence-corrected chi connectivity index (χ1v) is 11.2. The second-order valence-corrected chi connectivity index (χ2v) is 8.62. The number of amides is 1. The fourth-order valence-electron chi connectivity index (χ4n) is 3.08. The molecule has 164 valence electrons. The van der Waals surface area contributed by atoms with Crippen LogP contribution in [0.15, 0.2) is 72.1 Å². The summed E-state index contributed by atoms with van der Waals surface area (Å²) in [6.45, 7) is 5.07. The molecule has 1 fully saturated rings. The maximum atomic E-state index is 13.2. The molecule has 9 heteroatoms. The third-order valence-corrected chi connectivity index (χ3v) is 6.48. The van der Waals surface area contributed by atoms with Gasteiger partial charge in [-0.05, 0) is 30.3 Å². The van der Waals surface area contributed by atoms with E-state index in [0.717, 1.165) is 0 Å². The highest BCUT2D eigenvalue weighted by molar-refractivity contribution is 7.92. The number of carbonyl (C=O) groups excluding carboxylic acids is 2. The van der Waals surface area contributed by atoms with Crippen LogP contribution in [-0.2, 0) is 24.3 Å². The van der Waals surface area contributed by atoms with Gasteiger partial charge in [-0.15, -0.1) is 6.58 Å². The average molecular weight is 445 g/mol. The summed E-state index contributed by atoms with van der Waals surface area (Å²) in [6, 6.07) is 14.2. The molecular formula is C22H24N2O6S. The van der Waals surface area contributed by atoms with E-state index in [2.05, 4.69) is 6.58 Å². The summed E-state index contributed by atoms with van der Waals surface area (Å²) >= 11 is 0. The molecule has 2 aromatic rings. The van der Waals surface area contributed by atoms with E-state index in [1.165, 1.54) is 34.6 Å². The van der Waals surface area contributed by atoms with Crippen molar-refractivity contribution >= 4 is 27.6 Å². The Morgan fingerprint density at radius 1 is 1.10 bits per heavy atom. The normalized spacial score (nSPS) is 14.0. The number of anilines is 1. The lowest BCUT2D eigenvalue weighted by Crippen LogP contribution is -2.42. The van der Waals surface area contributed by atoms with Gasteiger partial charge in [-0.3, -0.25) is 9.10 Å². The molecule has 1 saturated heterocycles. The Kier molecular flexibility index (Phi) is 7.43. The Hall–Kier alpha value is -3.17. The minimum atomic E-state index is -3.96. The van der Waals surface area contributed by atoms with Crippen LogP contribution >= 0.6 is 0 Å². The monoisotopic (exact) mass is 444 g/mol. The zero-order valence-electron chi connectivity index (χ0n) is 17.0. The quantitative estimate of drug-likeness (QED) is 0.457. The Labute approximate surface area is 181 Å². The molecule has 0 unspecified atom stereocenters. The third-order valence-electron chi connectivity index (χ3n) is 4.69.